The number of carbonyl (C=O) groups is 3. The lowest BCUT2D eigenvalue weighted by molar-refractivity contribution is -0.137. The average Bonchev–Trinajstić information content (AvgIpc) is 3.28. The van der Waals surface area contributed by atoms with Crippen molar-refractivity contribution < 1.29 is 24.2 Å². The highest BCUT2D eigenvalue weighted by Crippen LogP contribution is 2.26. The van der Waals surface area contributed by atoms with Crippen molar-refractivity contribution in [2.45, 2.75) is 44.9 Å². The molecule has 0 radical (unpaired) electrons. The summed E-state index contributed by atoms with van der Waals surface area (Å²) in [5, 5.41) is 18.0. The number of halogens is 2. The van der Waals surface area contributed by atoms with Crippen LogP contribution in [0.5, 0.6) is 5.88 Å². The van der Waals surface area contributed by atoms with Crippen molar-refractivity contribution in [1.82, 2.24) is 20.5 Å². The average molecular weight is 538 g/mol. The normalized spacial score (nSPS) is 16.2. The highest BCUT2D eigenvalue weighted by molar-refractivity contribution is 6.35. The zero-order valence-electron chi connectivity index (χ0n) is 19.8. The molecule has 194 valence electrons. The molecule has 1 aromatic carbocycles. The van der Waals surface area contributed by atoms with E-state index in [0.717, 1.165) is 18.5 Å². The Hall–Kier alpha value is -3.08. The number of hydrogen-bond acceptors (Lipinski definition) is 6. The maximum Gasteiger partial charge on any atom is 0.319 e. The van der Waals surface area contributed by atoms with Gasteiger partial charge in [-0.15, -0.1) is 0 Å². The molecule has 2 atom stereocenters. The molecule has 0 bridgehead atoms. The number of amides is 3. The van der Waals surface area contributed by atoms with Crippen molar-refractivity contribution in [3.05, 3.63) is 52.1 Å². The molecule has 0 saturated carbocycles. The quantitative estimate of drug-likeness (QED) is 0.344. The Labute approximate surface area is 219 Å². The first kappa shape index (κ1) is 27.5. The number of likely N-dealkylation sites (tertiary alicyclic amines) is 1. The number of aliphatic carboxylic acids is 1. The summed E-state index contributed by atoms with van der Waals surface area (Å²) in [7, 11) is 0. The van der Waals surface area contributed by atoms with Crippen LogP contribution < -0.4 is 20.7 Å². The van der Waals surface area contributed by atoms with E-state index in [-0.39, 0.29) is 41.8 Å². The zero-order chi connectivity index (χ0) is 26.1. The maximum atomic E-state index is 12.6. The second-order valence-corrected chi connectivity index (χ2v) is 9.25. The van der Waals surface area contributed by atoms with Gasteiger partial charge in [0.05, 0.1) is 11.4 Å². The lowest BCUT2D eigenvalue weighted by Gasteiger charge is -2.18. The van der Waals surface area contributed by atoms with E-state index < -0.39 is 12.1 Å². The molecule has 0 aliphatic carbocycles. The molecule has 1 saturated heterocycles. The first-order chi connectivity index (χ1) is 17.2. The fourth-order valence-corrected chi connectivity index (χ4v) is 4.19. The third-order valence-electron chi connectivity index (χ3n) is 5.59. The summed E-state index contributed by atoms with van der Waals surface area (Å²) in [5.41, 5.74) is 1.37. The van der Waals surface area contributed by atoms with E-state index in [4.69, 9.17) is 33.0 Å². The van der Waals surface area contributed by atoms with Gasteiger partial charge in [0.15, 0.2) is 6.10 Å². The van der Waals surface area contributed by atoms with Crippen molar-refractivity contribution in [3.8, 4) is 5.88 Å². The minimum absolute atomic E-state index is 0.0455. The largest absolute Gasteiger partial charge is 0.481 e. The van der Waals surface area contributed by atoms with Gasteiger partial charge in [-0.05, 0) is 36.6 Å². The third-order valence-corrected chi connectivity index (χ3v) is 6.07. The number of carboxylic acid groups (broad SMARTS) is 1. The van der Waals surface area contributed by atoms with Gasteiger partial charge < -0.3 is 30.7 Å². The van der Waals surface area contributed by atoms with Crippen molar-refractivity contribution in [1.29, 1.82) is 0 Å². The summed E-state index contributed by atoms with van der Waals surface area (Å²) in [4.78, 5) is 41.8. The molecule has 36 heavy (non-hydrogen) atoms. The number of aromatic nitrogens is 1. The second kappa shape index (κ2) is 13.3. The molecular formula is C24H29Cl2N5O5. The number of urea groups is 1. The van der Waals surface area contributed by atoms with E-state index in [1.807, 2.05) is 17.9 Å². The Kier molecular flexibility index (Phi) is 10.2. The van der Waals surface area contributed by atoms with Crippen LogP contribution in [0.1, 0.15) is 31.7 Å². The zero-order valence-corrected chi connectivity index (χ0v) is 21.3. The third kappa shape index (κ3) is 8.54. The number of nitrogens with zero attached hydrogens (tertiary/aromatic N) is 2. The number of carboxylic acids is 1. The standard InChI is InChI=1S/C24H29Cl2N5O5/c1-2-20(36-23-19(26)11-16(25)13-28-23)22(34)27-12-15-4-3-5-17(10-15)29-24(35)30-18-6-8-31(14-18)9-7-21(32)33/h3-5,10-11,13,18,20H,2,6-9,12,14H2,1H3,(H,27,34)(H,32,33)(H2,29,30,35). The molecule has 3 amide bonds. The van der Waals surface area contributed by atoms with E-state index in [9.17, 15) is 14.4 Å². The minimum atomic E-state index is -0.832. The molecule has 10 nitrogen and oxygen atoms in total. The Morgan fingerprint density at radius 1 is 1.28 bits per heavy atom. The number of pyridine rings is 1. The van der Waals surface area contributed by atoms with Crippen molar-refractivity contribution in [2.75, 3.05) is 25.0 Å². The summed E-state index contributed by atoms with van der Waals surface area (Å²) in [5.74, 6) is -1.02. The first-order valence-electron chi connectivity index (χ1n) is 11.6. The van der Waals surface area contributed by atoms with Crippen LogP contribution >= 0.6 is 23.2 Å². The van der Waals surface area contributed by atoms with Crippen LogP contribution in [0.15, 0.2) is 36.5 Å². The topological polar surface area (TPSA) is 133 Å². The summed E-state index contributed by atoms with van der Waals surface area (Å²) >= 11 is 11.9. The van der Waals surface area contributed by atoms with Crippen LogP contribution in [0.4, 0.5) is 10.5 Å². The highest BCUT2D eigenvalue weighted by atomic mass is 35.5. The molecule has 1 fully saturated rings. The van der Waals surface area contributed by atoms with E-state index in [1.165, 1.54) is 12.3 Å². The predicted octanol–water partition coefficient (Wildman–Crippen LogP) is 3.53. The maximum absolute atomic E-state index is 12.6. The Morgan fingerprint density at radius 2 is 2.08 bits per heavy atom. The van der Waals surface area contributed by atoms with Crippen LogP contribution in [0.3, 0.4) is 0 Å². The lowest BCUT2D eigenvalue weighted by atomic mass is 10.2. The van der Waals surface area contributed by atoms with Crippen LogP contribution in [0.25, 0.3) is 0 Å². The first-order valence-corrected chi connectivity index (χ1v) is 12.3. The lowest BCUT2D eigenvalue weighted by Crippen LogP contribution is -2.40. The number of ether oxygens (including phenoxy) is 1. The summed E-state index contributed by atoms with van der Waals surface area (Å²) in [6.07, 6.45) is 1.85. The minimum Gasteiger partial charge on any atom is -0.481 e. The SMILES string of the molecule is CCC(Oc1ncc(Cl)cc1Cl)C(=O)NCc1cccc(NC(=O)NC2CCN(CCC(=O)O)C2)c1. The molecule has 4 N–H and O–H groups in total. The van der Waals surface area contributed by atoms with Gasteiger partial charge >= 0.3 is 12.0 Å². The number of carbonyl (C=O) groups excluding carboxylic acids is 2. The van der Waals surface area contributed by atoms with Gasteiger partial charge in [-0.3, -0.25) is 9.59 Å². The second-order valence-electron chi connectivity index (χ2n) is 8.40. The van der Waals surface area contributed by atoms with E-state index in [1.54, 1.807) is 18.2 Å². The van der Waals surface area contributed by atoms with Crippen molar-refractivity contribution >= 4 is 46.8 Å². The van der Waals surface area contributed by atoms with Crippen LogP contribution in [0.2, 0.25) is 10.0 Å². The van der Waals surface area contributed by atoms with Crippen LogP contribution in [-0.4, -0.2) is 64.7 Å². The Morgan fingerprint density at radius 3 is 2.81 bits per heavy atom. The number of rotatable bonds is 11. The molecule has 0 spiro atoms. The molecular weight excluding hydrogens is 509 g/mol. The van der Waals surface area contributed by atoms with E-state index in [0.29, 0.717) is 30.2 Å². The molecule has 1 aliphatic rings. The van der Waals surface area contributed by atoms with Crippen LogP contribution in [0, 0.1) is 0 Å². The molecule has 1 aromatic heterocycles. The molecule has 2 heterocycles. The monoisotopic (exact) mass is 537 g/mol. The smallest absolute Gasteiger partial charge is 0.319 e. The van der Waals surface area contributed by atoms with Gasteiger partial charge in [0, 0.05) is 44.1 Å². The van der Waals surface area contributed by atoms with Gasteiger partial charge in [0.25, 0.3) is 5.91 Å². The number of hydrogen-bond donors (Lipinski definition) is 4. The highest BCUT2D eigenvalue weighted by Gasteiger charge is 2.24. The fraction of sp³-hybridized carbons (Fsp3) is 0.417. The Bertz CT molecular complexity index is 1090. The fourth-order valence-electron chi connectivity index (χ4n) is 3.77. The molecule has 1 aliphatic heterocycles. The predicted molar refractivity (Wildman–Crippen MR) is 137 cm³/mol. The van der Waals surface area contributed by atoms with Gasteiger partial charge in [0.2, 0.25) is 5.88 Å². The summed E-state index contributed by atoms with van der Waals surface area (Å²) in [6.45, 7) is 3.88. The van der Waals surface area contributed by atoms with Gasteiger partial charge in [-0.2, -0.15) is 0 Å². The summed E-state index contributed by atoms with van der Waals surface area (Å²) < 4.78 is 5.66. The molecule has 3 rings (SSSR count). The molecule has 2 unspecified atom stereocenters. The van der Waals surface area contributed by atoms with Gasteiger partial charge in [0.1, 0.15) is 5.02 Å². The molecule has 12 heteroatoms. The van der Waals surface area contributed by atoms with Crippen molar-refractivity contribution in [2.24, 2.45) is 0 Å². The Balaban J connectivity index is 1.47. The van der Waals surface area contributed by atoms with E-state index in [2.05, 4.69) is 20.9 Å². The number of benzene rings is 1. The van der Waals surface area contributed by atoms with Crippen LogP contribution in [-0.2, 0) is 16.1 Å². The van der Waals surface area contributed by atoms with Gasteiger partial charge in [-0.1, -0.05) is 42.3 Å². The number of anilines is 1. The molecule has 2 aromatic rings. The van der Waals surface area contributed by atoms with Gasteiger partial charge in [-0.25, -0.2) is 9.78 Å². The summed E-state index contributed by atoms with van der Waals surface area (Å²) in [6, 6.07) is 8.25. The number of nitrogens with one attached hydrogen (secondary N) is 3. The van der Waals surface area contributed by atoms with E-state index >= 15 is 0 Å². The van der Waals surface area contributed by atoms with Crippen molar-refractivity contribution in [3.63, 3.8) is 0 Å².